The van der Waals surface area contributed by atoms with Gasteiger partial charge in [0.25, 0.3) is 0 Å². The average molecular weight is 159 g/mol. The Hall–Kier alpha value is -0.370. The Labute approximate surface area is 53.2 Å². The molecule has 0 aliphatic carbocycles. The third-order valence-electron chi connectivity index (χ3n) is 0.514. The zero-order valence-electron chi connectivity index (χ0n) is 3.66. The third-order valence-corrected chi connectivity index (χ3v) is 0.514. The van der Waals surface area contributed by atoms with E-state index in [9.17, 15) is 0 Å². The average Bonchev–Trinajstić information content (AvgIpc) is 1.72. The van der Waals surface area contributed by atoms with Crippen molar-refractivity contribution < 1.29 is 0 Å². The molecular formula is C5H5BrN. The van der Waals surface area contributed by atoms with Gasteiger partial charge in [0.15, 0.2) is 0 Å². The maximum Gasteiger partial charge on any atom is 0.0346 e. The minimum atomic E-state index is 0. The first kappa shape index (κ1) is 6.63. The highest BCUT2D eigenvalue weighted by atomic mass is 79.9. The second-order valence-corrected chi connectivity index (χ2v) is 0.953. The van der Waals surface area contributed by atoms with Gasteiger partial charge in [-0.3, -0.25) is 4.98 Å². The van der Waals surface area contributed by atoms with E-state index >= 15 is 0 Å². The fourth-order valence-electron chi connectivity index (χ4n) is 0.277. The van der Waals surface area contributed by atoms with E-state index in [1.54, 1.807) is 12.4 Å². The van der Waals surface area contributed by atoms with Gasteiger partial charge in [-0.05, 0) is 6.07 Å². The molecule has 0 atom stereocenters. The van der Waals surface area contributed by atoms with Gasteiger partial charge in [0, 0.05) is 18.5 Å². The molecule has 2 heteroatoms. The molecule has 1 aromatic heterocycles. The van der Waals surface area contributed by atoms with E-state index in [1.165, 1.54) is 0 Å². The summed E-state index contributed by atoms with van der Waals surface area (Å²) < 4.78 is 0. The first-order valence-corrected chi connectivity index (χ1v) is 1.76. The van der Waals surface area contributed by atoms with Gasteiger partial charge >= 0.3 is 0 Å². The lowest BCUT2D eigenvalue weighted by atomic mass is 10.5. The summed E-state index contributed by atoms with van der Waals surface area (Å²) in [7, 11) is 0. The lowest BCUT2D eigenvalue weighted by molar-refractivity contribution is 1.32. The van der Waals surface area contributed by atoms with Crippen molar-refractivity contribution in [3.05, 3.63) is 30.6 Å². The topological polar surface area (TPSA) is 12.9 Å². The molecule has 0 amide bonds. The fraction of sp³-hybridized carbons (Fsp3) is 0. The van der Waals surface area contributed by atoms with Crippen molar-refractivity contribution in [1.82, 2.24) is 4.98 Å². The Bertz CT molecular complexity index is 80.0. The van der Waals surface area contributed by atoms with Crippen LogP contribution in [0.4, 0.5) is 0 Å². The van der Waals surface area contributed by atoms with Crippen molar-refractivity contribution in [3.8, 4) is 0 Å². The normalized spacial score (nSPS) is 6.86. The van der Waals surface area contributed by atoms with Crippen LogP contribution in [-0.2, 0) is 0 Å². The second-order valence-electron chi connectivity index (χ2n) is 0.953. The Morgan fingerprint density at radius 1 is 1.43 bits per heavy atom. The number of pyridine rings is 1. The molecule has 0 bridgehead atoms. The minimum Gasteiger partial charge on any atom is -0.264 e. The van der Waals surface area contributed by atoms with E-state index in [1.807, 2.05) is 12.1 Å². The molecule has 0 spiro atoms. The summed E-state index contributed by atoms with van der Waals surface area (Å²) in [6.45, 7) is 0. The van der Waals surface area contributed by atoms with Gasteiger partial charge in [0.05, 0.1) is 0 Å². The summed E-state index contributed by atoms with van der Waals surface area (Å²) in [4.78, 5) is 3.73. The predicted molar refractivity (Wildman–Crippen MR) is 33.4 cm³/mol. The van der Waals surface area contributed by atoms with Crippen molar-refractivity contribution >= 4 is 17.0 Å². The van der Waals surface area contributed by atoms with E-state index in [0.29, 0.717) is 0 Å². The molecule has 0 aliphatic rings. The van der Waals surface area contributed by atoms with Crippen molar-refractivity contribution in [2.24, 2.45) is 0 Å². The van der Waals surface area contributed by atoms with E-state index in [4.69, 9.17) is 0 Å². The Balaban J connectivity index is 0.000000360. The van der Waals surface area contributed by atoms with Crippen LogP contribution in [0.5, 0.6) is 0 Å². The summed E-state index contributed by atoms with van der Waals surface area (Å²) in [5.41, 5.74) is 0. The lowest BCUT2D eigenvalue weighted by Crippen LogP contribution is -1.59. The largest absolute Gasteiger partial charge is 0.264 e. The zero-order chi connectivity index (χ0) is 4.24. The molecule has 7 heavy (non-hydrogen) atoms. The predicted octanol–water partition coefficient (Wildman–Crippen LogP) is 1.46. The standard InChI is InChI=1S/C5H4N.BrH/c1-2-4-6-5-3-1;/h1-2,4-5H;1H. The van der Waals surface area contributed by atoms with Crippen LogP contribution >= 0.6 is 17.0 Å². The Kier molecular flexibility index (Phi) is 3.61. The van der Waals surface area contributed by atoms with Crippen LogP contribution in [-0.4, -0.2) is 4.98 Å². The lowest BCUT2D eigenvalue weighted by Gasteiger charge is -1.69. The summed E-state index contributed by atoms with van der Waals surface area (Å²) in [6.07, 6.45) is 3.34. The fourth-order valence-corrected chi connectivity index (χ4v) is 0.277. The van der Waals surface area contributed by atoms with Crippen LogP contribution in [0.15, 0.2) is 24.5 Å². The molecule has 0 aliphatic heterocycles. The SMILES string of the molecule is Br.[c]1cccnc1. The second kappa shape index (κ2) is 3.81. The highest BCUT2D eigenvalue weighted by Crippen LogP contribution is 1.72. The van der Waals surface area contributed by atoms with E-state index in [-0.39, 0.29) is 17.0 Å². The number of nitrogens with zero attached hydrogens (tertiary/aromatic N) is 1. The number of hydrogen-bond donors (Lipinski definition) is 0. The van der Waals surface area contributed by atoms with Gasteiger partial charge < -0.3 is 0 Å². The Morgan fingerprint density at radius 2 is 2.29 bits per heavy atom. The number of halogens is 1. The van der Waals surface area contributed by atoms with Crippen LogP contribution in [0.2, 0.25) is 0 Å². The summed E-state index contributed by atoms with van der Waals surface area (Å²) in [6, 6.07) is 6.43. The summed E-state index contributed by atoms with van der Waals surface area (Å²) in [5, 5.41) is 0. The molecule has 0 saturated carbocycles. The number of hydrogen-bond acceptors (Lipinski definition) is 1. The molecule has 0 aromatic carbocycles. The van der Waals surface area contributed by atoms with Crippen LogP contribution in [0, 0.1) is 6.07 Å². The van der Waals surface area contributed by atoms with Gasteiger partial charge in [0.2, 0.25) is 0 Å². The van der Waals surface area contributed by atoms with Crippen molar-refractivity contribution in [1.29, 1.82) is 0 Å². The number of rotatable bonds is 0. The molecule has 1 rings (SSSR count). The van der Waals surface area contributed by atoms with E-state index < -0.39 is 0 Å². The molecule has 0 N–H and O–H groups in total. The maximum atomic E-state index is 3.73. The van der Waals surface area contributed by atoms with Gasteiger partial charge in [-0.1, -0.05) is 6.07 Å². The quantitative estimate of drug-likeness (QED) is 0.558. The van der Waals surface area contributed by atoms with Gasteiger partial charge in [-0.25, -0.2) is 0 Å². The highest BCUT2D eigenvalue weighted by Gasteiger charge is 1.59. The van der Waals surface area contributed by atoms with E-state index in [2.05, 4.69) is 11.1 Å². The monoisotopic (exact) mass is 158 g/mol. The molecule has 1 nitrogen and oxygen atoms in total. The first-order chi connectivity index (χ1) is 3.00. The Morgan fingerprint density at radius 3 is 2.43 bits per heavy atom. The van der Waals surface area contributed by atoms with Crippen LogP contribution < -0.4 is 0 Å². The smallest absolute Gasteiger partial charge is 0.0346 e. The van der Waals surface area contributed by atoms with Crippen LogP contribution in [0.3, 0.4) is 0 Å². The summed E-state index contributed by atoms with van der Waals surface area (Å²) >= 11 is 0. The molecular weight excluding hydrogens is 154 g/mol. The van der Waals surface area contributed by atoms with Crippen LogP contribution in [0.1, 0.15) is 0 Å². The molecule has 0 fully saturated rings. The molecule has 37 valence electrons. The first-order valence-electron chi connectivity index (χ1n) is 1.76. The maximum absolute atomic E-state index is 3.73. The summed E-state index contributed by atoms with van der Waals surface area (Å²) in [5.74, 6) is 0. The van der Waals surface area contributed by atoms with Crippen molar-refractivity contribution in [2.75, 3.05) is 0 Å². The molecule has 1 heterocycles. The van der Waals surface area contributed by atoms with Gasteiger partial charge in [-0.2, -0.15) is 0 Å². The van der Waals surface area contributed by atoms with Gasteiger partial charge in [-0.15, -0.1) is 17.0 Å². The number of aromatic nitrogens is 1. The highest BCUT2D eigenvalue weighted by molar-refractivity contribution is 8.93. The molecule has 1 radical (unpaired) electrons. The third kappa shape index (κ3) is 2.34. The van der Waals surface area contributed by atoms with E-state index in [0.717, 1.165) is 0 Å². The zero-order valence-corrected chi connectivity index (χ0v) is 5.38. The van der Waals surface area contributed by atoms with Crippen LogP contribution in [0.25, 0.3) is 0 Å². The molecule has 0 unspecified atom stereocenters. The van der Waals surface area contributed by atoms with Crippen molar-refractivity contribution in [2.45, 2.75) is 0 Å². The van der Waals surface area contributed by atoms with Gasteiger partial charge in [0.1, 0.15) is 0 Å². The minimum absolute atomic E-state index is 0. The molecule has 1 aromatic rings. The molecule has 0 saturated heterocycles. The van der Waals surface area contributed by atoms with Crippen molar-refractivity contribution in [3.63, 3.8) is 0 Å².